The van der Waals surface area contributed by atoms with Gasteiger partial charge in [0.1, 0.15) is 17.7 Å². The van der Waals surface area contributed by atoms with Crippen molar-refractivity contribution in [3.8, 4) is 11.1 Å². The normalized spacial score (nSPS) is 25.9. The Balaban J connectivity index is 1.17. The monoisotopic (exact) mass is 460 g/mol. The van der Waals surface area contributed by atoms with Crippen molar-refractivity contribution in [2.75, 3.05) is 13.2 Å². The van der Waals surface area contributed by atoms with Crippen LogP contribution in [0.2, 0.25) is 0 Å². The number of likely N-dealkylation sites (tertiary alicyclic amines) is 1. The van der Waals surface area contributed by atoms with Crippen LogP contribution in [0.5, 0.6) is 0 Å². The quantitative estimate of drug-likeness (QED) is 0.705. The number of benzene rings is 2. The summed E-state index contributed by atoms with van der Waals surface area (Å²) in [5, 5.41) is 12.7. The maximum absolute atomic E-state index is 13.6. The Bertz CT molecular complexity index is 1140. The smallest absolute Gasteiger partial charge is 0.408 e. The lowest BCUT2D eigenvalue weighted by Gasteiger charge is -2.46. The van der Waals surface area contributed by atoms with Gasteiger partial charge in [-0.05, 0) is 66.7 Å². The summed E-state index contributed by atoms with van der Waals surface area (Å²) in [6.07, 6.45) is 3.35. The first-order valence-electron chi connectivity index (χ1n) is 12.1. The Morgan fingerprint density at radius 2 is 1.65 bits per heavy atom. The number of fused-ring (bicyclic) bond motifs is 4. The fraction of sp³-hybridized carbons (Fsp3) is 0.444. The second-order valence-corrected chi connectivity index (χ2v) is 10.1. The van der Waals surface area contributed by atoms with Crippen molar-refractivity contribution in [1.82, 2.24) is 10.2 Å². The standard InChI is InChI=1S/C27H28N2O5/c30-23(29-14-5-7-17-15-27(17,29)24(31)32)26(12-6-13-26)28-25(33)34-16-22-20-10-3-1-8-18(20)19-9-2-4-11-21(19)22/h1-4,8-11,17,22H,5-7,12-16H2,(H,28,33)(H,31,32)/t17-,27+/m1/s1. The second-order valence-electron chi connectivity index (χ2n) is 10.1. The van der Waals surface area contributed by atoms with Gasteiger partial charge in [-0.25, -0.2) is 9.59 Å². The average molecular weight is 461 g/mol. The fourth-order valence-electron chi connectivity index (χ4n) is 6.35. The van der Waals surface area contributed by atoms with Crippen molar-refractivity contribution in [3.05, 3.63) is 59.7 Å². The largest absolute Gasteiger partial charge is 0.479 e. The first-order chi connectivity index (χ1) is 16.5. The van der Waals surface area contributed by atoms with E-state index in [9.17, 15) is 19.5 Å². The molecule has 4 aliphatic rings. The number of alkyl carbamates (subject to hydrolysis) is 1. The molecule has 1 saturated heterocycles. The fourth-order valence-corrected chi connectivity index (χ4v) is 6.35. The Labute approximate surface area is 198 Å². The van der Waals surface area contributed by atoms with Crippen LogP contribution in [0.25, 0.3) is 11.1 Å². The van der Waals surface area contributed by atoms with E-state index in [1.54, 1.807) is 0 Å². The molecule has 7 heteroatoms. The van der Waals surface area contributed by atoms with Crippen LogP contribution in [-0.2, 0) is 14.3 Å². The molecule has 1 heterocycles. The van der Waals surface area contributed by atoms with Gasteiger partial charge in [-0.15, -0.1) is 0 Å². The summed E-state index contributed by atoms with van der Waals surface area (Å²) in [6, 6.07) is 16.3. The topological polar surface area (TPSA) is 95.9 Å². The molecule has 2 aromatic carbocycles. The summed E-state index contributed by atoms with van der Waals surface area (Å²) in [6.45, 7) is 0.602. The molecule has 2 aromatic rings. The highest BCUT2D eigenvalue weighted by Crippen LogP contribution is 2.55. The van der Waals surface area contributed by atoms with Crippen LogP contribution in [0.1, 0.15) is 55.6 Å². The van der Waals surface area contributed by atoms with Gasteiger partial charge in [-0.1, -0.05) is 48.5 Å². The van der Waals surface area contributed by atoms with Gasteiger partial charge in [-0.3, -0.25) is 4.79 Å². The van der Waals surface area contributed by atoms with Crippen LogP contribution in [0.15, 0.2) is 48.5 Å². The zero-order valence-electron chi connectivity index (χ0n) is 19.0. The zero-order valence-corrected chi connectivity index (χ0v) is 19.0. The molecule has 0 unspecified atom stereocenters. The van der Waals surface area contributed by atoms with Crippen LogP contribution in [0.4, 0.5) is 4.79 Å². The molecule has 0 spiro atoms. The van der Waals surface area contributed by atoms with Gasteiger partial charge in [0.15, 0.2) is 0 Å². The maximum Gasteiger partial charge on any atom is 0.408 e. The minimum Gasteiger partial charge on any atom is -0.479 e. The highest BCUT2D eigenvalue weighted by Gasteiger charge is 2.68. The number of nitrogens with zero attached hydrogens (tertiary/aromatic N) is 1. The van der Waals surface area contributed by atoms with Gasteiger partial charge in [0.25, 0.3) is 0 Å². The van der Waals surface area contributed by atoms with E-state index < -0.39 is 23.1 Å². The number of rotatable bonds is 5. The van der Waals surface area contributed by atoms with Crippen molar-refractivity contribution in [2.24, 2.45) is 5.92 Å². The van der Waals surface area contributed by atoms with E-state index in [-0.39, 0.29) is 24.3 Å². The SMILES string of the molecule is O=C(NC1(C(=O)N2CCC[C@@H]3C[C@@]32C(=O)O)CCC1)OCC1c2ccccc2-c2ccccc21. The highest BCUT2D eigenvalue weighted by molar-refractivity contribution is 5.97. The highest BCUT2D eigenvalue weighted by atomic mass is 16.5. The van der Waals surface area contributed by atoms with Gasteiger partial charge in [0.05, 0.1) is 0 Å². The lowest BCUT2D eigenvalue weighted by molar-refractivity contribution is -0.159. The molecule has 34 heavy (non-hydrogen) atoms. The first-order valence-corrected chi connectivity index (χ1v) is 12.1. The predicted molar refractivity (Wildman–Crippen MR) is 124 cm³/mol. The van der Waals surface area contributed by atoms with E-state index in [4.69, 9.17) is 4.74 Å². The van der Waals surface area contributed by atoms with Crippen LogP contribution in [0.3, 0.4) is 0 Å². The Morgan fingerprint density at radius 1 is 1.00 bits per heavy atom. The molecule has 176 valence electrons. The summed E-state index contributed by atoms with van der Waals surface area (Å²) in [4.78, 5) is 40.0. The molecule has 2 atom stereocenters. The molecule has 3 fully saturated rings. The van der Waals surface area contributed by atoms with Gasteiger partial charge in [-0.2, -0.15) is 0 Å². The van der Waals surface area contributed by atoms with Crippen LogP contribution >= 0.6 is 0 Å². The summed E-state index contributed by atoms with van der Waals surface area (Å²) in [7, 11) is 0. The maximum atomic E-state index is 13.6. The molecule has 1 aliphatic heterocycles. The number of ether oxygens (including phenoxy) is 1. The summed E-state index contributed by atoms with van der Waals surface area (Å²) in [5.41, 5.74) is 2.42. The molecule has 6 rings (SSSR count). The molecule has 7 nitrogen and oxygen atoms in total. The van der Waals surface area contributed by atoms with E-state index in [0.717, 1.165) is 41.5 Å². The molecule has 0 aromatic heterocycles. The molecule has 2 saturated carbocycles. The van der Waals surface area contributed by atoms with Crippen molar-refractivity contribution in [2.45, 2.75) is 55.5 Å². The van der Waals surface area contributed by atoms with E-state index in [1.807, 2.05) is 24.3 Å². The average Bonchev–Trinajstić information content (AvgIpc) is 3.51. The van der Waals surface area contributed by atoms with E-state index in [1.165, 1.54) is 4.90 Å². The number of hydrogen-bond donors (Lipinski definition) is 2. The number of carboxylic acid groups (broad SMARTS) is 1. The minimum absolute atomic E-state index is 0.0225. The minimum atomic E-state index is -1.08. The molecule has 2 N–H and O–H groups in total. The lowest BCUT2D eigenvalue weighted by Crippen LogP contribution is -2.67. The van der Waals surface area contributed by atoms with Crippen molar-refractivity contribution < 1.29 is 24.2 Å². The van der Waals surface area contributed by atoms with Gasteiger partial charge < -0.3 is 20.1 Å². The second kappa shape index (κ2) is 7.58. The molecule has 0 bridgehead atoms. The van der Waals surface area contributed by atoms with E-state index >= 15 is 0 Å². The number of piperidine rings is 1. The zero-order chi connectivity index (χ0) is 23.5. The Hall–Kier alpha value is -3.35. The number of hydrogen-bond acceptors (Lipinski definition) is 4. The van der Waals surface area contributed by atoms with Gasteiger partial charge >= 0.3 is 12.1 Å². The molecule has 0 radical (unpaired) electrons. The molecular formula is C27H28N2O5. The van der Waals surface area contributed by atoms with Crippen molar-refractivity contribution >= 4 is 18.0 Å². The van der Waals surface area contributed by atoms with Crippen LogP contribution in [-0.4, -0.2) is 52.2 Å². The summed E-state index contributed by atoms with van der Waals surface area (Å²) >= 11 is 0. The third kappa shape index (κ3) is 2.99. The van der Waals surface area contributed by atoms with Gasteiger partial charge in [0.2, 0.25) is 5.91 Å². The number of amides is 2. The van der Waals surface area contributed by atoms with E-state index in [0.29, 0.717) is 25.8 Å². The first kappa shape index (κ1) is 21.2. The third-order valence-electron chi connectivity index (χ3n) is 8.41. The molecule has 3 aliphatic carbocycles. The molecular weight excluding hydrogens is 432 g/mol. The third-order valence-corrected chi connectivity index (χ3v) is 8.41. The number of carbonyl (C=O) groups is 3. The molecule has 2 amide bonds. The van der Waals surface area contributed by atoms with Gasteiger partial charge in [0, 0.05) is 12.5 Å². The summed E-state index contributed by atoms with van der Waals surface area (Å²) in [5.74, 6) is -1.23. The van der Waals surface area contributed by atoms with Crippen molar-refractivity contribution in [1.29, 1.82) is 0 Å². The Morgan fingerprint density at radius 3 is 2.24 bits per heavy atom. The van der Waals surface area contributed by atoms with Crippen molar-refractivity contribution in [3.63, 3.8) is 0 Å². The number of nitrogens with one attached hydrogen (secondary N) is 1. The lowest BCUT2D eigenvalue weighted by atomic mass is 9.75. The van der Waals surface area contributed by atoms with Crippen LogP contribution < -0.4 is 5.32 Å². The number of aliphatic carboxylic acids is 1. The summed E-state index contributed by atoms with van der Waals surface area (Å²) < 4.78 is 5.68. The Kier molecular flexibility index (Phi) is 4.73. The van der Waals surface area contributed by atoms with Crippen LogP contribution in [0, 0.1) is 5.92 Å². The van der Waals surface area contributed by atoms with E-state index in [2.05, 4.69) is 29.6 Å². The number of carboxylic acids is 1. The number of carbonyl (C=O) groups excluding carboxylic acids is 2. The predicted octanol–water partition coefficient (Wildman–Crippen LogP) is 3.91.